The fraction of sp³-hybridized carbons (Fsp3) is 0.583. The molecule has 1 heterocycles. The average molecular weight is 222 g/mol. The van der Waals surface area contributed by atoms with Gasteiger partial charge < -0.3 is 14.8 Å². The molecule has 1 aromatic rings. The quantitative estimate of drug-likeness (QED) is 0.748. The molecule has 0 saturated heterocycles. The van der Waals surface area contributed by atoms with Crippen LogP contribution in [-0.2, 0) is 4.74 Å². The van der Waals surface area contributed by atoms with Gasteiger partial charge in [-0.1, -0.05) is 0 Å². The van der Waals surface area contributed by atoms with E-state index in [0.29, 0.717) is 25.1 Å². The highest BCUT2D eigenvalue weighted by atomic mass is 16.5. The third-order valence-electron chi connectivity index (χ3n) is 2.75. The lowest BCUT2D eigenvalue weighted by Crippen LogP contribution is -2.26. The number of rotatable bonds is 6. The first kappa shape index (κ1) is 11.2. The van der Waals surface area contributed by atoms with Gasteiger partial charge in [0.1, 0.15) is 6.61 Å². The Morgan fingerprint density at radius 2 is 2.25 bits per heavy atom. The van der Waals surface area contributed by atoms with E-state index in [-0.39, 0.29) is 0 Å². The maximum absolute atomic E-state index is 5.38. The lowest BCUT2D eigenvalue weighted by Gasteiger charge is -2.27. The van der Waals surface area contributed by atoms with E-state index in [4.69, 9.17) is 9.47 Å². The van der Waals surface area contributed by atoms with E-state index >= 15 is 0 Å². The molecule has 4 heteroatoms. The Kier molecular flexibility index (Phi) is 3.99. The van der Waals surface area contributed by atoms with Crippen LogP contribution in [0.3, 0.4) is 0 Å². The molecule has 0 atom stereocenters. The zero-order valence-corrected chi connectivity index (χ0v) is 9.61. The highest BCUT2D eigenvalue weighted by molar-refractivity contribution is 5.43. The van der Waals surface area contributed by atoms with Gasteiger partial charge in [0.25, 0.3) is 0 Å². The molecule has 1 saturated carbocycles. The molecule has 0 bridgehead atoms. The molecule has 1 aromatic heterocycles. The predicted octanol–water partition coefficient (Wildman–Crippen LogP) is 2.07. The summed E-state index contributed by atoms with van der Waals surface area (Å²) in [5.74, 6) is 0.649. The summed E-state index contributed by atoms with van der Waals surface area (Å²) in [6.45, 7) is 1.13. The number of hydrogen-bond donors (Lipinski definition) is 1. The Morgan fingerprint density at radius 1 is 1.38 bits per heavy atom. The van der Waals surface area contributed by atoms with Gasteiger partial charge in [0.05, 0.1) is 18.5 Å². The Morgan fingerprint density at radius 3 is 2.81 bits per heavy atom. The summed E-state index contributed by atoms with van der Waals surface area (Å²) < 4.78 is 10.3. The minimum absolute atomic E-state index is 0.541. The van der Waals surface area contributed by atoms with Gasteiger partial charge in [-0.2, -0.15) is 0 Å². The average Bonchev–Trinajstić information content (AvgIpc) is 2.26. The van der Waals surface area contributed by atoms with Crippen LogP contribution in [-0.4, -0.2) is 31.3 Å². The molecule has 1 aliphatic rings. The van der Waals surface area contributed by atoms with Gasteiger partial charge in [-0.05, 0) is 25.3 Å². The summed E-state index contributed by atoms with van der Waals surface area (Å²) in [5, 5.41) is 3.43. The number of anilines is 1. The summed E-state index contributed by atoms with van der Waals surface area (Å²) in [7, 11) is 1.66. The van der Waals surface area contributed by atoms with Crippen molar-refractivity contribution in [2.24, 2.45) is 0 Å². The van der Waals surface area contributed by atoms with Crippen molar-refractivity contribution < 1.29 is 9.47 Å². The van der Waals surface area contributed by atoms with Crippen LogP contribution in [0.2, 0.25) is 0 Å². The lowest BCUT2D eigenvalue weighted by atomic mass is 9.93. The minimum atomic E-state index is 0.541. The van der Waals surface area contributed by atoms with Crippen molar-refractivity contribution in [3.63, 3.8) is 0 Å². The second-order valence-electron chi connectivity index (χ2n) is 4.00. The van der Waals surface area contributed by atoms with E-state index in [1.807, 2.05) is 18.3 Å². The van der Waals surface area contributed by atoms with E-state index in [0.717, 1.165) is 5.69 Å². The van der Waals surface area contributed by atoms with E-state index in [1.54, 1.807) is 7.11 Å². The first-order valence-electron chi connectivity index (χ1n) is 5.73. The van der Waals surface area contributed by atoms with Gasteiger partial charge in [-0.25, -0.2) is 4.98 Å². The molecule has 1 fully saturated rings. The van der Waals surface area contributed by atoms with Crippen LogP contribution in [0.5, 0.6) is 5.88 Å². The standard InChI is InChI=1S/C12H18N2O2/c1-15-7-8-16-12-6-5-11(9-13-12)14-10-3-2-4-10/h5-6,9-10,14H,2-4,7-8H2,1H3. The van der Waals surface area contributed by atoms with Crippen molar-refractivity contribution in [1.29, 1.82) is 0 Å². The molecule has 0 aliphatic heterocycles. The number of nitrogens with one attached hydrogen (secondary N) is 1. The van der Waals surface area contributed by atoms with Crippen LogP contribution in [0.4, 0.5) is 5.69 Å². The lowest BCUT2D eigenvalue weighted by molar-refractivity contribution is 0.144. The Bertz CT molecular complexity index is 309. The fourth-order valence-corrected chi connectivity index (χ4v) is 1.57. The third kappa shape index (κ3) is 3.10. The van der Waals surface area contributed by atoms with E-state index in [2.05, 4.69) is 10.3 Å². The summed E-state index contributed by atoms with van der Waals surface area (Å²) in [6.07, 6.45) is 5.70. The minimum Gasteiger partial charge on any atom is -0.475 e. The van der Waals surface area contributed by atoms with E-state index in [1.165, 1.54) is 19.3 Å². The molecule has 0 unspecified atom stereocenters. The molecular weight excluding hydrogens is 204 g/mol. The predicted molar refractivity (Wildman–Crippen MR) is 62.9 cm³/mol. The normalized spacial score (nSPS) is 15.6. The van der Waals surface area contributed by atoms with Crippen LogP contribution in [0, 0.1) is 0 Å². The van der Waals surface area contributed by atoms with Crippen molar-refractivity contribution in [3.05, 3.63) is 18.3 Å². The largest absolute Gasteiger partial charge is 0.475 e. The summed E-state index contributed by atoms with van der Waals surface area (Å²) >= 11 is 0. The van der Waals surface area contributed by atoms with Crippen molar-refractivity contribution in [2.45, 2.75) is 25.3 Å². The van der Waals surface area contributed by atoms with Crippen LogP contribution < -0.4 is 10.1 Å². The molecule has 16 heavy (non-hydrogen) atoms. The molecule has 0 aromatic carbocycles. The Hall–Kier alpha value is -1.29. The van der Waals surface area contributed by atoms with Gasteiger partial charge in [0.2, 0.25) is 5.88 Å². The third-order valence-corrected chi connectivity index (χ3v) is 2.75. The second kappa shape index (κ2) is 5.70. The highest BCUT2D eigenvalue weighted by Gasteiger charge is 2.16. The zero-order valence-electron chi connectivity index (χ0n) is 9.61. The summed E-state index contributed by atoms with van der Waals surface area (Å²) in [6, 6.07) is 4.53. The van der Waals surface area contributed by atoms with E-state index < -0.39 is 0 Å². The molecule has 0 amide bonds. The molecule has 4 nitrogen and oxygen atoms in total. The Balaban J connectivity index is 1.78. The molecule has 2 rings (SSSR count). The maximum atomic E-state index is 5.38. The fourth-order valence-electron chi connectivity index (χ4n) is 1.57. The van der Waals surface area contributed by atoms with Gasteiger partial charge in [-0.15, -0.1) is 0 Å². The van der Waals surface area contributed by atoms with Crippen LogP contribution >= 0.6 is 0 Å². The van der Waals surface area contributed by atoms with Crippen LogP contribution in [0.25, 0.3) is 0 Å². The number of hydrogen-bond acceptors (Lipinski definition) is 4. The molecule has 0 spiro atoms. The number of methoxy groups -OCH3 is 1. The smallest absolute Gasteiger partial charge is 0.213 e. The molecular formula is C12H18N2O2. The molecule has 1 N–H and O–H groups in total. The summed E-state index contributed by atoms with van der Waals surface area (Å²) in [4.78, 5) is 4.22. The summed E-state index contributed by atoms with van der Waals surface area (Å²) in [5.41, 5.74) is 1.07. The topological polar surface area (TPSA) is 43.4 Å². The van der Waals surface area contributed by atoms with Crippen molar-refractivity contribution in [2.75, 3.05) is 25.6 Å². The highest BCUT2D eigenvalue weighted by Crippen LogP contribution is 2.23. The van der Waals surface area contributed by atoms with Gasteiger partial charge >= 0.3 is 0 Å². The molecule has 0 radical (unpaired) electrons. The number of aromatic nitrogens is 1. The first-order chi connectivity index (χ1) is 7.88. The second-order valence-corrected chi connectivity index (χ2v) is 4.00. The van der Waals surface area contributed by atoms with Crippen molar-refractivity contribution in [1.82, 2.24) is 4.98 Å². The molecule has 1 aliphatic carbocycles. The van der Waals surface area contributed by atoms with Gasteiger partial charge in [0.15, 0.2) is 0 Å². The van der Waals surface area contributed by atoms with E-state index in [9.17, 15) is 0 Å². The van der Waals surface area contributed by atoms with Gasteiger partial charge in [0, 0.05) is 19.2 Å². The Labute approximate surface area is 96.0 Å². The molecule has 88 valence electrons. The van der Waals surface area contributed by atoms with Crippen LogP contribution in [0.15, 0.2) is 18.3 Å². The first-order valence-corrected chi connectivity index (χ1v) is 5.73. The number of ether oxygens (including phenoxy) is 2. The SMILES string of the molecule is COCCOc1ccc(NC2CCC2)cn1. The number of nitrogens with zero attached hydrogens (tertiary/aromatic N) is 1. The number of pyridine rings is 1. The maximum Gasteiger partial charge on any atom is 0.213 e. The van der Waals surface area contributed by atoms with Crippen LogP contribution in [0.1, 0.15) is 19.3 Å². The zero-order chi connectivity index (χ0) is 11.2. The van der Waals surface area contributed by atoms with Gasteiger partial charge in [-0.3, -0.25) is 0 Å². The van der Waals surface area contributed by atoms with Crippen molar-refractivity contribution in [3.8, 4) is 5.88 Å². The van der Waals surface area contributed by atoms with Crippen molar-refractivity contribution >= 4 is 5.69 Å². The monoisotopic (exact) mass is 222 g/mol.